The number of anilines is 4. The van der Waals surface area contributed by atoms with Crippen molar-refractivity contribution in [1.82, 2.24) is 15.0 Å². The number of urea groups is 1. The van der Waals surface area contributed by atoms with Gasteiger partial charge in [-0.05, 0) is 56.7 Å². The number of rotatable bonds is 5. The van der Waals surface area contributed by atoms with E-state index in [2.05, 4.69) is 45.0 Å². The normalized spacial score (nSPS) is 16.6. The van der Waals surface area contributed by atoms with Crippen LogP contribution in [0.25, 0.3) is 11.3 Å². The lowest BCUT2D eigenvalue weighted by atomic mass is 10.1. The van der Waals surface area contributed by atoms with Gasteiger partial charge in [-0.25, -0.2) is 19.7 Å². The zero-order chi connectivity index (χ0) is 22.1. The Kier molecular flexibility index (Phi) is 5.34. The highest BCUT2D eigenvalue weighted by Crippen LogP contribution is 2.40. The number of nitrogens with zero attached hydrogens (tertiary/aromatic N) is 6. The summed E-state index contributed by atoms with van der Waals surface area (Å²) in [7, 11) is 0. The lowest BCUT2D eigenvalue weighted by Crippen LogP contribution is -2.48. The summed E-state index contributed by atoms with van der Waals surface area (Å²) in [6, 6.07) is 13.5. The molecule has 0 unspecified atom stereocenters. The van der Waals surface area contributed by atoms with Gasteiger partial charge in [-0.2, -0.15) is 0 Å². The van der Waals surface area contributed by atoms with Crippen LogP contribution in [0.1, 0.15) is 20.3 Å². The van der Waals surface area contributed by atoms with Crippen molar-refractivity contribution < 1.29 is 4.79 Å². The minimum Gasteiger partial charge on any atom is -0.366 e. The number of amides is 2. The minimum atomic E-state index is -0.198. The Hall–Kier alpha value is -3.68. The summed E-state index contributed by atoms with van der Waals surface area (Å²) in [5.74, 6) is 2.18. The highest BCUT2D eigenvalue weighted by molar-refractivity contribution is 6.04. The molecule has 0 saturated carbocycles. The van der Waals surface area contributed by atoms with Gasteiger partial charge in [0, 0.05) is 44.1 Å². The predicted octanol–water partition coefficient (Wildman–Crippen LogP) is 4.02. The van der Waals surface area contributed by atoms with Gasteiger partial charge in [-0.3, -0.25) is 10.2 Å². The van der Waals surface area contributed by atoms with Gasteiger partial charge in [0.05, 0.1) is 17.4 Å². The number of hydrogen-bond donors (Lipinski definition) is 1. The number of carbonyl (C=O) groups is 1. The molecule has 1 fully saturated rings. The molecule has 5 heterocycles. The number of fused-ring (bicyclic) bond motifs is 4. The molecule has 0 aromatic carbocycles. The van der Waals surface area contributed by atoms with Crippen molar-refractivity contribution in [3.8, 4) is 11.3 Å². The SMILES string of the molecule is CCN(CC)c1ccc(-c2ccc3c(n2)N(C(=O)Nc2ccccn2)[C@H]2CCN3C2)cn1. The zero-order valence-electron chi connectivity index (χ0n) is 18.4. The molecule has 2 aliphatic heterocycles. The average molecular weight is 430 g/mol. The number of nitrogens with one attached hydrogen (secondary N) is 1. The van der Waals surface area contributed by atoms with Crippen molar-refractivity contribution in [2.75, 3.05) is 46.2 Å². The van der Waals surface area contributed by atoms with Gasteiger partial charge in [-0.15, -0.1) is 0 Å². The fourth-order valence-corrected chi connectivity index (χ4v) is 4.51. The molecule has 1 atom stereocenters. The van der Waals surface area contributed by atoms with Gasteiger partial charge < -0.3 is 9.80 Å². The summed E-state index contributed by atoms with van der Waals surface area (Å²) in [5, 5.41) is 2.93. The van der Waals surface area contributed by atoms with E-state index in [1.165, 1.54) is 0 Å². The van der Waals surface area contributed by atoms with Crippen molar-refractivity contribution in [1.29, 1.82) is 0 Å². The summed E-state index contributed by atoms with van der Waals surface area (Å²) in [6.45, 7) is 7.82. The van der Waals surface area contributed by atoms with Gasteiger partial charge in [0.25, 0.3) is 0 Å². The molecule has 3 aromatic rings. The quantitative estimate of drug-likeness (QED) is 0.660. The van der Waals surface area contributed by atoms with Gasteiger partial charge in [0.1, 0.15) is 11.6 Å². The molecule has 1 N–H and O–H groups in total. The highest BCUT2D eigenvalue weighted by Gasteiger charge is 2.40. The fourth-order valence-electron chi connectivity index (χ4n) is 4.51. The number of pyridine rings is 3. The third-order valence-electron chi connectivity index (χ3n) is 6.20. The topological polar surface area (TPSA) is 77.5 Å². The van der Waals surface area contributed by atoms with E-state index in [9.17, 15) is 4.79 Å². The lowest BCUT2D eigenvalue weighted by molar-refractivity contribution is 0.254. The highest BCUT2D eigenvalue weighted by atomic mass is 16.2. The standard InChI is InChI=1S/C24H27N7O/c1-3-29(4-2)22-11-8-17(15-26-22)19-9-10-20-23(27-19)31(18-12-14-30(20)16-18)24(32)28-21-7-5-6-13-25-21/h5-11,13,15,18H,3-4,12,14,16H2,1-2H3,(H,25,28,32)/t18-/m0/s1. The van der Waals surface area contributed by atoms with Crippen LogP contribution >= 0.6 is 0 Å². The maximum absolute atomic E-state index is 13.3. The molecule has 8 heteroatoms. The van der Waals surface area contributed by atoms with E-state index >= 15 is 0 Å². The predicted molar refractivity (Wildman–Crippen MR) is 127 cm³/mol. The largest absolute Gasteiger partial charge is 0.366 e. The Morgan fingerprint density at radius 3 is 2.72 bits per heavy atom. The van der Waals surface area contributed by atoms with Crippen LogP contribution in [-0.2, 0) is 0 Å². The summed E-state index contributed by atoms with van der Waals surface area (Å²) >= 11 is 0. The van der Waals surface area contributed by atoms with Crippen molar-refractivity contribution in [2.24, 2.45) is 0 Å². The Morgan fingerprint density at radius 2 is 2.00 bits per heavy atom. The first-order chi connectivity index (χ1) is 15.7. The molecule has 5 rings (SSSR count). The van der Waals surface area contributed by atoms with Gasteiger partial charge in [0.15, 0.2) is 5.82 Å². The van der Waals surface area contributed by atoms with Crippen LogP contribution in [0, 0.1) is 0 Å². The molecule has 0 radical (unpaired) electrons. The minimum absolute atomic E-state index is 0.0946. The summed E-state index contributed by atoms with van der Waals surface area (Å²) in [4.78, 5) is 33.4. The van der Waals surface area contributed by atoms with Gasteiger partial charge in [0.2, 0.25) is 0 Å². The molecule has 3 aromatic heterocycles. The van der Waals surface area contributed by atoms with E-state index in [1.807, 2.05) is 36.5 Å². The molecule has 2 amide bonds. The summed E-state index contributed by atoms with van der Waals surface area (Å²) in [5.41, 5.74) is 2.73. The van der Waals surface area contributed by atoms with Crippen LogP contribution in [0.5, 0.6) is 0 Å². The van der Waals surface area contributed by atoms with E-state index < -0.39 is 0 Å². The van der Waals surface area contributed by atoms with Crippen LogP contribution in [0.3, 0.4) is 0 Å². The van der Waals surface area contributed by atoms with E-state index in [0.29, 0.717) is 11.6 Å². The van der Waals surface area contributed by atoms with E-state index in [-0.39, 0.29) is 12.1 Å². The molecule has 32 heavy (non-hydrogen) atoms. The Morgan fingerprint density at radius 1 is 1.12 bits per heavy atom. The monoisotopic (exact) mass is 429 g/mol. The first-order valence-corrected chi connectivity index (χ1v) is 11.2. The van der Waals surface area contributed by atoms with E-state index in [1.54, 1.807) is 17.2 Å². The van der Waals surface area contributed by atoms with Crippen LogP contribution in [0.2, 0.25) is 0 Å². The second-order valence-corrected chi connectivity index (χ2v) is 8.02. The summed E-state index contributed by atoms with van der Waals surface area (Å²) in [6.07, 6.45) is 4.45. The fraction of sp³-hybridized carbons (Fsp3) is 0.333. The van der Waals surface area contributed by atoms with Crippen molar-refractivity contribution >= 4 is 29.2 Å². The molecule has 2 bridgehead atoms. The Balaban J connectivity index is 1.47. The van der Waals surface area contributed by atoms with Crippen LogP contribution in [0.15, 0.2) is 54.9 Å². The molecule has 164 valence electrons. The van der Waals surface area contributed by atoms with Gasteiger partial charge in [-0.1, -0.05) is 6.07 Å². The average Bonchev–Trinajstić information content (AvgIpc) is 3.25. The van der Waals surface area contributed by atoms with Crippen LogP contribution < -0.4 is 20.0 Å². The molecule has 1 saturated heterocycles. The van der Waals surface area contributed by atoms with Crippen molar-refractivity contribution in [3.63, 3.8) is 0 Å². The molecule has 0 spiro atoms. The van der Waals surface area contributed by atoms with E-state index in [0.717, 1.165) is 55.4 Å². The Bertz CT molecular complexity index is 1100. The number of carbonyl (C=O) groups excluding carboxylic acids is 1. The van der Waals surface area contributed by atoms with Crippen LogP contribution in [0.4, 0.5) is 27.9 Å². The summed E-state index contributed by atoms with van der Waals surface area (Å²) < 4.78 is 0. The smallest absolute Gasteiger partial charge is 0.329 e. The lowest BCUT2D eigenvalue weighted by Gasteiger charge is -2.35. The first kappa shape index (κ1) is 20.2. The number of aromatic nitrogens is 3. The van der Waals surface area contributed by atoms with Crippen molar-refractivity contribution in [2.45, 2.75) is 26.3 Å². The maximum Gasteiger partial charge on any atom is 0.329 e. The molecule has 0 aliphatic carbocycles. The first-order valence-electron chi connectivity index (χ1n) is 11.2. The second kappa shape index (κ2) is 8.45. The third kappa shape index (κ3) is 3.62. The van der Waals surface area contributed by atoms with Crippen LogP contribution in [-0.4, -0.2) is 53.2 Å². The molecule has 2 aliphatic rings. The molecular formula is C24H27N7O. The molecule has 8 nitrogen and oxygen atoms in total. The van der Waals surface area contributed by atoms with E-state index in [4.69, 9.17) is 4.98 Å². The third-order valence-corrected chi connectivity index (χ3v) is 6.20. The maximum atomic E-state index is 13.3. The second-order valence-electron chi connectivity index (χ2n) is 8.02. The zero-order valence-corrected chi connectivity index (χ0v) is 18.4. The van der Waals surface area contributed by atoms with Gasteiger partial charge >= 0.3 is 6.03 Å². The number of hydrogen-bond acceptors (Lipinski definition) is 6. The van der Waals surface area contributed by atoms with Crippen molar-refractivity contribution in [3.05, 3.63) is 54.9 Å². The molecular weight excluding hydrogens is 402 g/mol. The Labute approximate surface area is 187 Å².